The number of halogens is 1. The third-order valence-corrected chi connectivity index (χ3v) is 6.21. The van der Waals surface area contributed by atoms with Gasteiger partial charge in [0.2, 0.25) is 0 Å². The number of fused-ring (bicyclic) bond motifs is 3. The van der Waals surface area contributed by atoms with Gasteiger partial charge >= 0.3 is 12.0 Å². The number of carbonyl (C=O) groups is 1. The van der Waals surface area contributed by atoms with Crippen molar-refractivity contribution >= 4 is 51.2 Å². The van der Waals surface area contributed by atoms with Crippen molar-refractivity contribution in [2.24, 2.45) is 11.5 Å². The van der Waals surface area contributed by atoms with E-state index in [0.29, 0.717) is 53.2 Å². The van der Waals surface area contributed by atoms with Crippen molar-refractivity contribution in [3.05, 3.63) is 30.3 Å². The molecule has 3 aromatic heterocycles. The minimum absolute atomic E-state index is 0.0209. The Kier molecular flexibility index (Phi) is 9.06. The molecule has 38 heavy (non-hydrogen) atoms. The van der Waals surface area contributed by atoms with Crippen molar-refractivity contribution in [3.63, 3.8) is 0 Å². The zero-order valence-electron chi connectivity index (χ0n) is 20.5. The Morgan fingerprint density at radius 2 is 2.05 bits per heavy atom. The van der Waals surface area contributed by atoms with E-state index in [-0.39, 0.29) is 35.3 Å². The molecule has 0 bridgehead atoms. The summed E-state index contributed by atoms with van der Waals surface area (Å²) in [5.74, 6) is -0.943. The highest BCUT2D eigenvalue weighted by Gasteiger charge is 2.20. The summed E-state index contributed by atoms with van der Waals surface area (Å²) in [4.78, 5) is 31.2. The van der Waals surface area contributed by atoms with Crippen molar-refractivity contribution in [2.75, 3.05) is 49.7 Å². The summed E-state index contributed by atoms with van der Waals surface area (Å²) in [6.07, 6.45) is 3.51. The molecule has 0 saturated heterocycles. The fourth-order valence-electron chi connectivity index (χ4n) is 3.63. The van der Waals surface area contributed by atoms with Crippen molar-refractivity contribution in [2.45, 2.75) is 17.6 Å². The van der Waals surface area contributed by atoms with Gasteiger partial charge in [0.05, 0.1) is 47.4 Å². The van der Waals surface area contributed by atoms with Crippen LogP contribution in [0.25, 0.3) is 21.9 Å². The van der Waals surface area contributed by atoms with Gasteiger partial charge in [-0.2, -0.15) is 9.97 Å². The Labute approximate surface area is 220 Å². The van der Waals surface area contributed by atoms with Crippen LogP contribution in [0.3, 0.4) is 0 Å². The number of hydrogen-bond acceptors (Lipinski definition) is 12. The fourth-order valence-corrected chi connectivity index (χ4v) is 4.13. The molecule has 0 spiro atoms. The molecule has 1 unspecified atom stereocenters. The quantitative estimate of drug-likeness (QED) is 0.0766. The first kappa shape index (κ1) is 27.3. The molecule has 1 atom stereocenters. The Hall–Kier alpha value is -3.79. The van der Waals surface area contributed by atoms with Crippen LogP contribution in [0.15, 0.2) is 29.7 Å². The Morgan fingerprint density at radius 1 is 1.26 bits per heavy atom. The van der Waals surface area contributed by atoms with Crippen LogP contribution in [0.5, 0.6) is 11.8 Å². The van der Waals surface area contributed by atoms with E-state index in [4.69, 9.17) is 26.0 Å². The number of aromatic amines is 1. The Balaban J connectivity index is 1.70. The lowest BCUT2D eigenvalue weighted by Crippen LogP contribution is -2.34. The summed E-state index contributed by atoms with van der Waals surface area (Å²) in [5.41, 5.74) is 13.1. The van der Waals surface area contributed by atoms with Crippen molar-refractivity contribution in [1.82, 2.24) is 24.9 Å². The summed E-state index contributed by atoms with van der Waals surface area (Å²) in [6.45, 7) is 1.56. The van der Waals surface area contributed by atoms with Gasteiger partial charge in [0.25, 0.3) is 0 Å². The van der Waals surface area contributed by atoms with E-state index in [1.807, 2.05) is 0 Å². The fraction of sp³-hybridized carbons (Fsp3) is 0.348. The van der Waals surface area contributed by atoms with Crippen molar-refractivity contribution in [3.8, 4) is 11.8 Å². The Bertz CT molecular complexity index is 1400. The number of nitrogens with two attached hydrogens (primary N) is 2. The first-order valence-electron chi connectivity index (χ1n) is 11.7. The molecule has 0 aliphatic carbocycles. The number of ether oxygens (including phenoxy) is 2. The van der Waals surface area contributed by atoms with Crippen LogP contribution in [-0.2, 0) is 9.53 Å². The Morgan fingerprint density at radius 3 is 2.74 bits per heavy atom. The van der Waals surface area contributed by atoms with Gasteiger partial charge in [-0.1, -0.05) is 11.8 Å². The maximum Gasteiger partial charge on any atom is 0.326 e. The van der Waals surface area contributed by atoms with E-state index < -0.39 is 11.8 Å². The second-order valence-corrected chi connectivity index (χ2v) is 9.05. The first-order valence-corrected chi connectivity index (χ1v) is 12.7. The molecular weight excluding hydrogens is 517 g/mol. The van der Waals surface area contributed by atoms with Crippen LogP contribution >= 0.6 is 11.8 Å². The smallest absolute Gasteiger partial charge is 0.326 e. The van der Waals surface area contributed by atoms with Crippen LogP contribution in [0, 0.1) is 5.82 Å². The maximum atomic E-state index is 14.4. The van der Waals surface area contributed by atoms with E-state index in [9.17, 15) is 9.18 Å². The van der Waals surface area contributed by atoms with Gasteiger partial charge in [0.15, 0.2) is 10.9 Å². The van der Waals surface area contributed by atoms with Crippen molar-refractivity contribution in [1.29, 1.82) is 0 Å². The van der Waals surface area contributed by atoms with E-state index in [1.54, 1.807) is 7.05 Å². The monoisotopic (exact) mass is 545 g/mol. The number of H-pyrrole nitrogens is 1. The number of nitrogens with one attached hydrogen (secondary N) is 3. The topological polar surface area (TPSA) is 199 Å². The molecule has 202 valence electrons. The van der Waals surface area contributed by atoms with Crippen LogP contribution in [-0.4, -0.2) is 81.1 Å². The molecule has 3 heterocycles. The molecule has 15 heteroatoms. The van der Waals surface area contributed by atoms with Gasteiger partial charge in [-0.15, -0.1) is 0 Å². The SMILES string of the molecule is CNc1cc(F)cc2c1[nH]c1nc(Oc3cnc(SCC(=O)O)nc3)nc(NC(CN)COCCCN)c12. The van der Waals surface area contributed by atoms with E-state index in [1.165, 1.54) is 24.5 Å². The number of carboxylic acid groups (broad SMARTS) is 1. The molecule has 0 radical (unpaired) electrons. The summed E-state index contributed by atoms with van der Waals surface area (Å²) in [7, 11) is 1.70. The number of hydrogen-bond donors (Lipinski definition) is 6. The summed E-state index contributed by atoms with van der Waals surface area (Å²) in [5, 5.41) is 16.5. The number of rotatable bonds is 14. The second kappa shape index (κ2) is 12.6. The maximum absolute atomic E-state index is 14.4. The molecule has 0 saturated carbocycles. The number of thioether (sulfide) groups is 1. The van der Waals surface area contributed by atoms with Crippen LogP contribution in [0.1, 0.15) is 6.42 Å². The minimum atomic E-state index is -0.971. The molecule has 0 fully saturated rings. The van der Waals surface area contributed by atoms with Crippen LogP contribution < -0.4 is 26.8 Å². The normalized spacial score (nSPS) is 12.1. The van der Waals surface area contributed by atoms with E-state index >= 15 is 0 Å². The predicted octanol–water partition coefficient (Wildman–Crippen LogP) is 2.16. The molecular formula is C23H28FN9O4S. The van der Waals surface area contributed by atoms with E-state index in [0.717, 1.165) is 18.2 Å². The average molecular weight is 546 g/mol. The average Bonchev–Trinajstić information content (AvgIpc) is 3.27. The highest BCUT2D eigenvalue weighted by Crippen LogP contribution is 2.36. The molecule has 8 N–H and O–H groups in total. The molecule has 13 nitrogen and oxygen atoms in total. The highest BCUT2D eigenvalue weighted by atomic mass is 32.2. The van der Waals surface area contributed by atoms with Crippen LogP contribution in [0.4, 0.5) is 15.9 Å². The third kappa shape index (κ3) is 6.55. The lowest BCUT2D eigenvalue weighted by molar-refractivity contribution is -0.133. The lowest BCUT2D eigenvalue weighted by atomic mass is 10.1. The molecule has 4 rings (SSSR count). The highest BCUT2D eigenvalue weighted by molar-refractivity contribution is 7.99. The van der Waals surface area contributed by atoms with Gasteiger partial charge in [0, 0.05) is 25.6 Å². The zero-order chi connectivity index (χ0) is 27.1. The van der Waals surface area contributed by atoms with Crippen LogP contribution in [0.2, 0.25) is 0 Å². The third-order valence-electron chi connectivity index (χ3n) is 5.35. The lowest BCUT2D eigenvalue weighted by Gasteiger charge is -2.18. The molecule has 4 aromatic rings. The molecule has 0 aliphatic rings. The van der Waals surface area contributed by atoms with Gasteiger partial charge in [0.1, 0.15) is 17.3 Å². The molecule has 1 aromatic carbocycles. The summed E-state index contributed by atoms with van der Waals surface area (Å²) < 4.78 is 25.9. The van der Waals surface area contributed by atoms with E-state index in [2.05, 4.69) is 35.6 Å². The van der Waals surface area contributed by atoms with Gasteiger partial charge in [-0.25, -0.2) is 14.4 Å². The largest absolute Gasteiger partial charge is 0.481 e. The number of aromatic nitrogens is 5. The number of anilines is 2. The second-order valence-electron chi connectivity index (χ2n) is 8.11. The van der Waals surface area contributed by atoms with Crippen molar-refractivity contribution < 1.29 is 23.8 Å². The molecule has 0 aliphatic heterocycles. The standard InChI is InChI=1S/C23H28FN9O4S/c1-27-16-6-12(24)5-15-18-20(30-13(7-26)10-36-4-2-3-25)32-22(33-21(18)31-19(15)16)37-14-8-28-23(29-9-14)38-11-17(34)35/h5-6,8-9,13,27H,2-4,7,10-11,25-26H2,1H3,(H,34,35)(H2,30,31,32,33). The number of nitrogens with zero attached hydrogens (tertiary/aromatic N) is 4. The summed E-state index contributed by atoms with van der Waals surface area (Å²) in [6, 6.07) is 2.45. The molecule has 0 amide bonds. The predicted molar refractivity (Wildman–Crippen MR) is 142 cm³/mol. The summed E-state index contributed by atoms with van der Waals surface area (Å²) >= 11 is 0.983. The van der Waals surface area contributed by atoms with Gasteiger partial charge < -0.3 is 41.7 Å². The van der Waals surface area contributed by atoms with Gasteiger partial charge in [-0.3, -0.25) is 4.79 Å². The number of benzene rings is 1. The zero-order valence-corrected chi connectivity index (χ0v) is 21.3. The minimum Gasteiger partial charge on any atom is -0.481 e. The van der Waals surface area contributed by atoms with Gasteiger partial charge in [-0.05, 0) is 25.1 Å². The number of carboxylic acids is 1. The first-order chi connectivity index (χ1) is 18.4. The number of aliphatic carboxylic acids is 1.